The van der Waals surface area contributed by atoms with Gasteiger partial charge in [0, 0.05) is 16.6 Å². The lowest BCUT2D eigenvalue weighted by molar-refractivity contribution is -0.384. The Kier molecular flexibility index (Phi) is 8.28. The van der Waals surface area contributed by atoms with E-state index in [0.717, 1.165) is 9.47 Å². The van der Waals surface area contributed by atoms with Gasteiger partial charge in [0.2, 0.25) is 0 Å². The molecule has 0 aliphatic rings. The van der Waals surface area contributed by atoms with Gasteiger partial charge in [0.25, 0.3) is 5.69 Å². The third-order valence-electron chi connectivity index (χ3n) is 1.64. The van der Waals surface area contributed by atoms with Gasteiger partial charge in [0.05, 0.1) is 15.7 Å². The lowest BCUT2D eigenvalue weighted by Crippen LogP contribution is -1.91. The van der Waals surface area contributed by atoms with Crippen molar-refractivity contribution in [2.24, 2.45) is 4.99 Å². The van der Waals surface area contributed by atoms with Gasteiger partial charge in [0.15, 0.2) is 0 Å². The van der Waals surface area contributed by atoms with E-state index in [1.54, 1.807) is 23.9 Å². The number of benzene rings is 1. The highest BCUT2D eigenvalue weighted by Gasteiger charge is 2.05. The van der Waals surface area contributed by atoms with E-state index in [1.807, 2.05) is 6.26 Å². The number of thioether (sulfide) groups is 1. The van der Waals surface area contributed by atoms with Crippen LogP contribution in [0.1, 0.15) is 0 Å². The molecular weight excluding hydrogens is 454 g/mol. The Hall–Kier alpha value is 0.100. The van der Waals surface area contributed by atoms with E-state index in [9.17, 15) is 10.1 Å². The van der Waals surface area contributed by atoms with E-state index in [0.29, 0.717) is 5.69 Å². The number of nitro benzene ring substituents is 1. The maximum Gasteiger partial charge on any atom is 0.271 e. The summed E-state index contributed by atoms with van der Waals surface area (Å²) >= 11 is 3.76. The van der Waals surface area contributed by atoms with Crippen LogP contribution in [0.25, 0.3) is 0 Å². The summed E-state index contributed by atoms with van der Waals surface area (Å²) in [5.41, 5.74) is 0.704. The number of alkyl halides is 1. The molecule has 0 aliphatic heterocycles. The number of non-ortho nitro benzene ring substituents is 1. The number of nitro groups is 1. The van der Waals surface area contributed by atoms with Crippen molar-refractivity contribution in [3.63, 3.8) is 0 Å². The Balaban J connectivity index is 0.00000225. The molecule has 0 radical (unpaired) electrons. The first-order valence-electron chi connectivity index (χ1n) is 4.09. The Labute approximate surface area is 129 Å². The van der Waals surface area contributed by atoms with Gasteiger partial charge in [-0.2, -0.15) is 0 Å². The van der Waals surface area contributed by atoms with Crippen molar-refractivity contribution in [1.82, 2.24) is 0 Å². The molecule has 4 nitrogen and oxygen atoms in total. The Bertz CT molecular complexity index is 393. The molecular formula is C9H10I2N2O2S. The van der Waals surface area contributed by atoms with Crippen LogP contribution < -0.4 is 0 Å². The van der Waals surface area contributed by atoms with E-state index >= 15 is 0 Å². The van der Waals surface area contributed by atoms with Crippen molar-refractivity contribution in [2.45, 2.75) is 0 Å². The third kappa shape index (κ3) is 4.95. The highest BCUT2D eigenvalue weighted by atomic mass is 127. The molecule has 0 saturated carbocycles. The molecule has 0 unspecified atom stereocenters. The molecule has 0 saturated heterocycles. The monoisotopic (exact) mass is 464 g/mol. The average Bonchev–Trinajstić information content (AvgIpc) is 2.26. The molecule has 1 rings (SSSR count). The fraction of sp³-hybridized carbons (Fsp3) is 0.222. The van der Waals surface area contributed by atoms with Crippen LogP contribution in [0.15, 0.2) is 29.3 Å². The van der Waals surface area contributed by atoms with Gasteiger partial charge in [-0.25, -0.2) is 4.99 Å². The molecule has 0 heterocycles. The van der Waals surface area contributed by atoms with E-state index in [1.165, 1.54) is 12.1 Å². The maximum atomic E-state index is 10.5. The summed E-state index contributed by atoms with van der Waals surface area (Å²) in [6, 6.07) is 6.34. The molecule has 0 N–H and O–H groups in total. The van der Waals surface area contributed by atoms with Gasteiger partial charge >= 0.3 is 0 Å². The first-order valence-corrected chi connectivity index (χ1v) is 6.84. The second-order valence-electron chi connectivity index (χ2n) is 2.62. The van der Waals surface area contributed by atoms with Crippen LogP contribution in [0.5, 0.6) is 0 Å². The predicted molar refractivity (Wildman–Crippen MR) is 88.0 cm³/mol. The molecule has 0 atom stereocenters. The quantitative estimate of drug-likeness (QED) is 0.170. The minimum absolute atomic E-state index is 0. The topological polar surface area (TPSA) is 55.5 Å². The second-order valence-corrected chi connectivity index (χ2v) is 4.26. The van der Waals surface area contributed by atoms with Gasteiger partial charge in [-0.15, -0.1) is 35.7 Å². The number of nitrogens with zero attached hydrogens (tertiary/aromatic N) is 2. The zero-order valence-corrected chi connectivity index (χ0v) is 13.7. The minimum Gasteiger partial charge on any atom is -0.258 e. The summed E-state index contributed by atoms with van der Waals surface area (Å²) in [6.07, 6.45) is 1.94. The largest absolute Gasteiger partial charge is 0.271 e. The first kappa shape index (κ1) is 16.1. The maximum absolute atomic E-state index is 10.5. The summed E-state index contributed by atoms with van der Waals surface area (Å²) < 4.78 is 0.807. The first-order chi connectivity index (χ1) is 7.17. The minimum atomic E-state index is -0.415. The van der Waals surface area contributed by atoms with E-state index in [2.05, 4.69) is 27.6 Å². The predicted octanol–water partition coefficient (Wildman–Crippen LogP) is 4.04. The number of rotatable bonds is 3. The van der Waals surface area contributed by atoms with Crippen molar-refractivity contribution >= 4 is 74.7 Å². The normalized spacial score (nSPS) is 10.8. The lowest BCUT2D eigenvalue weighted by atomic mass is 10.3. The molecule has 0 amide bonds. The molecule has 0 bridgehead atoms. The van der Waals surface area contributed by atoms with E-state index < -0.39 is 4.92 Å². The smallest absolute Gasteiger partial charge is 0.258 e. The highest BCUT2D eigenvalue weighted by Crippen LogP contribution is 2.21. The number of hydrogen-bond acceptors (Lipinski definition) is 4. The molecule has 7 heteroatoms. The Morgan fingerprint density at radius 2 is 2.31 bits per heavy atom. The summed E-state index contributed by atoms with van der Waals surface area (Å²) in [5.74, 6) is 0. The summed E-state index contributed by atoms with van der Waals surface area (Å²) in [7, 11) is 0. The van der Waals surface area contributed by atoms with Crippen LogP contribution in [0, 0.1) is 10.1 Å². The van der Waals surface area contributed by atoms with Gasteiger partial charge in [-0.05, 0) is 12.3 Å². The van der Waals surface area contributed by atoms with Crippen LogP contribution in [0.2, 0.25) is 0 Å². The van der Waals surface area contributed by atoms with Crippen molar-refractivity contribution in [3.8, 4) is 0 Å². The van der Waals surface area contributed by atoms with Crippen molar-refractivity contribution in [3.05, 3.63) is 34.4 Å². The molecule has 16 heavy (non-hydrogen) atoms. The van der Waals surface area contributed by atoms with Crippen LogP contribution in [0.3, 0.4) is 0 Å². The Morgan fingerprint density at radius 3 is 2.81 bits per heavy atom. The third-order valence-corrected chi connectivity index (χ3v) is 3.59. The van der Waals surface area contributed by atoms with Gasteiger partial charge in [-0.3, -0.25) is 10.1 Å². The number of halogens is 2. The fourth-order valence-corrected chi connectivity index (χ4v) is 2.36. The molecule has 88 valence electrons. The van der Waals surface area contributed by atoms with Gasteiger partial charge < -0.3 is 0 Å². The average molecular weight is 464 g/mol. The van der Waals surface area contributed by atoms with Gasteiger partial charge in [0.1, 0.15) is 0 Å². The molecule has 0 aromatic heterocycles. The van der Waals surface area contributed by atoms with Crippen LogP contribution in [-0.2, 0) is 0 Å². The SMILES string of the molecule is CSC(CI)=Nc1cccc([N+](=O)[O-])c1.I. The zero-order valence-electron chi connectivity index (χ0n) is 8.42. The van der Waals surface area contributed by atoms with Crippen LogP contribution in [-0.4, -0.2) is 20.7 Å². The van der Waals surface area contributed by atoms with Crippen LogP contribution >= 0.6 is 58.3 Å². The zero-order chi connectivity index (χ0) is 11.3. The van der Waals surface area contributed by atoms with Crippen molar-refractivity contribution in [1.29, 1.82) is 0 Å². The summed E-state index contributed by atoms with van der Waals surface area (Å²) in [4.78, 5) is 14.4. The molecule has 0 aliphatic carbocycles. The van der Waals surface area contributed by atoms with Gasteiger partial charge in [-0.1, -0.05) is 28.7 Å². The molecule has 1 aromatic carbocycles. The fourth-order valence-electron chi connectivity index (χ4n) is 0.950. The Morgan fingerprint density at radius 1 is 1.62 bits per heavy atom. The van der Waals surface area contributed by atoms with Crippen LogP contribution in [0.4, 0.5) is 11.4 Å². The number of aliphatic imine (C=N–C) groups is 1. The van der Waals surface area contributed by atoms with E-state index in [4.69, 9.17) is 0 Å². The number of hydrogen-bond donors (Lipinski definition) is 0. The second kappa shape index (κ2) is 8.23. The molecule has 0 spiro atoms. The van der Waals surface area contributed by atoms with E-state index in [-0.39, 0.29) is 29.7 Å². The molecule has 1 aromatic rings. The summed E-state index contributed by atoms with van der Waals surface area (Å²) in [6.45, 7) is 0. The summed E-state index contributed by atoms with van der Waals surface area (Å²) in [5, 5.41) is 11.5. The highest BCUT2D eigenvalue weighted by molar-refractivity contribution is 14.1. The van der Waals surface area contributed by atoms with Crippen molar-refractivity contribution in [2.75, 3.05) is 10.7 Å². The molecule has 0 fully saturated rings. The lowest BCUT2D eigenvalue weighted by Gasteiger charge is -1.98. The standard InChI is InChI=1S/C9H9IN2O2S.HI/c1-15-9(6-10)11-7-3-2-4-8(5-7)12(13)14;/h2-5H,6H2,1H3;1H. The van der Waals surface area contributed by atoms with Crippen molar-refractivity contribution < 1.29 is 4.92 Å².